The first-order valence-electron chi connectivity index (χ1n) is 6.27. The summed E-state index contributed by atoms with van der Waals surface area (Å²) in [5.74, 6) is 0. The van der Waals surface area contributed by atoms with Gasteiger partial charge in [-0.1, -0.05) is 0 Å². The van der Waals surface area contributed by atoms with Crippen molar-refractivity contribution in [2.24, 2.45) is 0 Å². The third kappa shape index (κ3) is 2.52. The highest BCUT2D eigenvalue weighted by Gasteiger charge is 2.38. The zero-order chi connectivity index (χ0) is 10.9. The van der Waals surface area contributed by atoms with Crippen LogP contribution >= 0.6 is 0 Å². The van der Waals surface area contributed by atoms with Crippen LogP contribution in [0.1, 0.15) is 40.0 Å². The van der Waals surface area contributed by atoms with Gasteiger partial charge in [0.15, 0.2) is 0 Å². The van der Waals surface area contributed by atoms with Crippen LogP contribution in [-0.4, -0.2) is 42.3 Å². The van der Waals surface area contributed by atoms with Crippen molar-refractivity contribution in [2.75, 3.05) is 26.2 Å². The Morgan fingerprint density at radius 3 is 2.33 bits per heavy atom. The van der Waals surface area contributed by atoms with Crippen molar-refractivity contribution < 1.29 is 0 Å². The molecule has 0 atom stereocenters. The Labute approximate surface area is 93.6 Å². The van der Waals surface area contributed by atoms with E-state index in [0.29, 0.717) is 5.54 Å². The van der Waals surface area contributed by atoms with Gasteiger partial charge in [-0.3, -0.25) is 15.5 Å². The fourth-order valence-corrected chi connectivity index (χ4v) is 2.72. The molecule has 0 amide bonds. The molecule has 0 aromatic carbocycles. The molecule has 0 unspecified atom stereocenters. The summed E-state index contributed by atoms with van der Waals surface area (Å²) in [6.07, 6.45) is 3.84. The van der Waals surface area contributed by atoms with Crippen LogP contribution in [0.3, 0.4) is 0 Å². The molecular weight excluding hydrogens is 186 g/mol. The van der Waals surface area contributed by atoms with E-state index in [2.05, 4.69) is 36.3 Å². The molecule has 0 saturated carbocycles. The van der Waals surface area contributed by atoms with E-state index < -0.39 is 0 Å². The zero-order valence-electron chi connectivity index (χ0n) is 10.4. The third-order valence-corrected chi connectivity index (χ3v) is 3.72. The van der Waals surface area contributed by atoms with Gasteiger partial charge in [0.1, 0.15) is 0 Å². The number of piperidine rings is 1. The monoisotopic (exact) mass is 211 g/mol. The molecule has 3 nitrogen and oxygen atoms in total. The third-order valence-electron chi connectivity index (χ3n) is 3.72. The van der Waals surface area contributed by atoms with Crippen molar-refractivity contribution in [3.05, 3.63) is 0 Å². The largest absolute Gasteiger partial charge is 0.298 e. The van der Waals surface area contributed by atoms with E-state index in [0.717, 1.165) is 6.54 Å². The van der Waals surface area contributed by atoms with E-state index in [-0.39, 0.29) is 5.66 Å². The lowest BCUT2D eigenvalue weighted by molar-refractivity contribution is 0.0258. The topological polar surface area (TPSA) is 27.3 Å². The molecule has 88 valence electrons. The summed E-state index contributed by atoms with van der Waals surface area (Å²) in [6.45, 7) is 11.7. The average Bonchev–Trinajstić information content (AvgIpc) is 2.18. The number of rotatable bonds is 0. The van der Waals surface area contributed by atoms with Gasteiger partial charge >= 0.3 is 0 Å². The van der Waals surface area contributed by atoms with E-state index in [1.54, 1.807) is 0 Å². The lowest BCUT2D eigenvalue weighted by Crippen LogP contribution is -2.69. The molecular formula is C12H25N3. The molecule has 0 radical (unpaired) electrons. The maximum absolute atomic E-state index is 3.68. The predicted molar refractivity (Wildman–Crippen MR) is 63.9 cm³/mol. The van der Waals surface area contributed by atoms with E-state index in [1.807, 2.05) is 0 Å². The molecule has 2 fully saturated rings. The van der Waals surface area contributed by atoms with Crippen LogP contribution in [0, 0.1) is 0 Å². The quantitative estimate of drug-likeness (QED) is 0.629. The zero-order valence-corrected chi connectivity index (χ0v) is 10.4. The molecule has 2 aliphatic rings. The second-order valence-electron chi connectivity index (χ2n) is 5.99. The van der Waals surface area contributed by atoms with Gasteiger partial charge < -0.3 is 0 Å². The van der Waals surface area contributed by atoms with Crippen LogP contribution in [0.25, 0.3) is 0 Å². The number of hydrogen-bond donors (Lipinski definition) is 2. The van der Waals surface area contributed by atoms with Crippen LogP contribution in [0.2, 0.25) is 0 Å². The van der Waals surface area contributed by atoms with Crippen molar-refractivity contribution >= 4 is 0 Å². The maximum Gasteiger partial charge on any atom is 0.0818 e. The number of hydrogen-bond acceptors (Lipinski definition) is 3. The minimum absolute atomic E-state index is 0.212. The van der Waals surface area contributed by atoms with E-state index in [4.69, 9.17) is 0 Å². The Bertz CT molecular complexity index is 208. The molecule has 0 aromatic rings. The Balaban J connectivity index is 2.02. The number of likely N-dealkylation sites (tertiary alicyclic amines) is 1. The van der Waals surface area contributed by atoms with Crippen molar-refractivity contribution in [1.29, 1.82) is 0 Å². The summed E-state index contributed by atoms with van der Waals surface area (Å²) in [5.41, 5.74) is 0.512. The van der Waals surface area contributed by atoms with Gasteiger partial charge in [0.25, 0.3) is 0 Å². The minimum Gasteiger partial charge on any atom is -0.298 e. The van der Waals surface area contributed by atoms with E-state index >= 15 is 0 Å². The van der Waals surface area contributed by atoms with Crippen LogP contribution in [0.4, 0.5) is 0 Å². The summed E-state index contributed by atoms with van der Waals surface area (Å²) in [4.78, 5) is 2.60. The molecule has 2 heterocycles. The fourth-order valence-electron chi connectivity index (χ4n) is 2.72. The molecule has 2 saturated heterocycles. The van der Waals surface area contributed by atoms with Gasteiger partial charge in [-0.2, -0.15) is 0 Å². The summed E-state index contributed by atoms with van der Waals surface area (Å²) in [7, 11) is 0. The normalized spacial score (nSPS) is 28.2. The van der Waals surface area contributed by atoms with Crippen molar-refractivity contribution in [2.45, 2.75) is 51.2 Å². The standard InChI is InChI=1S/C12H25N3/c1-11(2,3)15-9-4-6-12(10-15)13-7-5-8-14-12/h13-14H,4-10H2,1-3H3. The highest BCUT2D eigenvalue weighted by molar-refractivity contribution is 4.97. The molecule has 2 aliphatic heterocycles. The summed E-state index contributed by atoms with van der Waals surface area (Å²) in [6, 6.07) is 0. The Morgan fingerprint density at radius 1 is 1.07 bits per heavy atom. The SMILES string of the molecule is CC(C)(C)N1CCCC2(C1)NCCCN2. The first-order valence-corrected chi connectivity index (χ1v) is 6.27. The van der Waals surface area contributed by atoms with Crippen LogP contribution in [-0.2, 0) is 0 Å². The highest BCUT2D eigenvalue weighted by Crippen LogP contribution is 2.26. The smallest absolute Gasteiger partial charge is 0.0818 e. The average molecular weight is 211 g/mol. The highest BCUT2D eigenvalue weighted by atomic mass is 15.3. The molecule has 2 rings (SSSR count). The second-order valence-corrected chi connectivity index (χ2v) is 5.99. The molecule has 3 heteroatoms. The van der Waals surface area contributed by atoms with Crippen molar-refractivity contribution in [1.82, 2.24) is 15.5 Å². The minimum atomic E-state index is 0.212. The summed E-state index contributed by atoms with van der Waals surface area (Å²) < 4.78 is 0. The fraction of sp³-hybridized carbons (Fsp3) is 1.00. The Hall–Kier alpha value is -0.120. The molecule has 0 bridgehead atoms. The molecule has 0 aromatic heterocycles. The first-order chi connectivity index (χ1) is 7.02. The molecule has 15 heavy (non-hydrogen) atoms. The van der Waals surface area contributed by atoms with Gasteiger partial charge in [0.2, 0.25) is 0 Å². The first kappa shape index (κ1) is 11.4. The lowest BCUT2D eigenvalue weighted by atomic mass is 9.92. The van der Waals surface area contributed by atoms with Crippen LogP contribution in [0.15, 0.2) is 0 Å². The lowest BCUT2D eigenvalue weighted by Gasteiger charge is -2.50. The van der Waals surface area contributed by atoms with Crippen molar-refractivity contribution in [3.63, 3.8) is 0 Å². The Morgan fingerprint density at radius 2 is 1.73 bits per heavy atom. The molecule has 1 spiro atoms. The van der Waals surface area contributed by atoms with Gasteiger partial charge in [-0.15, -0.1) is 0 Å². The van der Waals surface area contributed by atoms with Crippen molar-refractivity contribution in [3.8, 4) is 0 Å². The van der Waals surface area contributed by atoms with Gasteiger partial charge in [-0.25, -0.2) is 0 Å². The van der Waals surface area contributed by atoms with E-state index in [9.17, 15) is 0 Å². The second kappa shape index (κ2) is 4.04. The van der Waals surface area contributed by atoms with Gasteiger partial charge in [0, 0.05) is 12.1 Å². The number of nitrogens with zero attached hydrogens (tertiary/aromatic N) is 1. The van der Waals surface area contributed by atoms with Crippen LogP contribution in [0.5, 0.6) is 0 Å². The van der Waals surface area contributed by atoms with Gasteiger partial charge in [0.05, 0.1) is 5.66 Å². The molecule has 0 aliphatic carbocycles. The van der Waals surface area contributed by atoms with E-state index in [1.165, 1.54) is 38.9 Å². The predicted octanol–water partition coefficient (Wildman–Crippen LogP) is 1.16. The summed E-state index contributed by atoms with van der Waals surface area (Å²) >= 11 is 0. The summed E-state index contributed by atoms with van der Waals surface area (Å²) in [5, 5.41) is 7.37. The van der Waals surface area contributed by atoms with Gasteiger partial charge in [-0.05, 0) is 59.7 Å². The number of nitrogens with one attached hydrogen (secondary N) is 2. The maximum atomic E-state index is 3.68. The molecule has 2 N–H and O–H groups in total. The Kier molecular flexibility index (Phi) is 3.06. The van der Waals surface area contributed by atoms with Crippen LogP contribution < -0.4 is 10.6 Å².